The first-order valence-corrected chi connectivity index (χ1v) is 14.2. The van der Waals surface area contributed by atoms with E-state index in [9.17, 15) is 14.4 Å². The maximum absolute atomic E-state index is 13.8. The van der Waals surface area contributed by atoms with Crippen LogP contribution < -0.4 is 14.5 Å². The summed E-state index contributed by atoms with van der Waals surface area (Å²) < 4.78 is 5.86. The number of ether oxygens (including phenoxy) is 1. The Bertz CT molecular complexity index is 1380. The Hall–Kier alpha value is -3.84. The van der Waals surface area contributed by atoms with Crippen molar-refractivity contribution in [3.63, 3.8) is 0 Å². The molecule has 0 saturated carbocycles. The van der Waals surface area contributed by atoms with Crippen LogP contribution in [-0.2, 0) is 9.59 Å². The van der Waals surface area contributed by atoms with Gasteiger partial charge in [-0.25, -0.2) is 0 Å². The standard InChI is InChI=1S/C32H34ClN3O4/c1-22-21-30(36(23(2)37)26-14-12-25(33)13-15-26)28-7-3-4-8-29(28)35(22)32(39)24-10-16-27(17-11-24)40-20-6-19-34-18-5-9-31(34)38/h3-4,7-8,10-17,22,30H,5-6,9,18-21H2,1-2H3/t22-,30+/m0/s1. The van der Waals surface area contributed by atoms with Crippen molar-refractivity contribution in [3.8, 4) is 5.75 Å². The summed E-state index contributed by atoms with van der Waals surface area (Å²) >= 11 is 6.10. The fourth-order valence-electron chi connectivity index (χ4n) is 5.74. The maximum Gasteiger partial charge on any atom is 0.258 e. The molecule has 7 nitrogen and oxygen atoms in total. The normalized spacial score (nSPS) is 18.4. The van der Waals surface area contributed by atoms with Crippen molar-refractivity contribution >= 4 is 40.7 Å². The molecule has 0 unspecified atom stereocenters. The highest BCUT2D eigenvalue weighted by Crippen LogP contribution is 2.43. The van der Waals surface area contributed by atoms with Gasteiger partial charge in [0.1, 0.15) is 5.75 Å². The molecule has 3 aromatic carbocycles. The van der Waals surface area contributed by atoms with Gasteiger partial charge in [-0.1, -0.05) is 29.8 Å². The Morgan fingerprint density at radius 2 is 1.75 bits per heavy atom. The number of carbonyl (C=O) groups is 3. The van der Waals surface area contributed by atoms with Crippen molar-refractivity contribution in [2.75, 3.05) is 29.5 Å². The average molecular weight is 560 g/mol. The van der Waals surface area contributed by atoms with E-state index < -0.39 is 0 Å². The number of hydrogen-bond donors (Lipinski definition) is 0. The van der Waals surface area contributed by atoms with Crippen LogP contribution in [0.4, 0.5) is 11.4 Å². The van der Waals surface area contributed by atoms with Crippen LogP contribution >= 0.6 is 11.6 Å². The molecule has 3 aromatic rings. The minimum Gasteiger partial charge on any atom is -0.494 e. The van der Waals surface area contributed by atoms with Crippen molar-refractivity contribution in [1.29, 1.82) is 0 Å². The lowest BCUT2D eigenvalue weighted by molar-refractivity contribution is -0.127. The van der Waals surface area contributed by atoms with Gasteiger partial charge in [0.2, 0.25) is 11.8 Å². The molecule has 8 heteroatoms. The van der Waals surface area contributed by atoms with E-state index in [1.165, 1.54) is 0 Å². The SMILES string of the molecule is CC(=O)N(c1ccc(Cl)cc1)[C@@H]1C[C@H](C)N(C(=O)c2ccc(OCCCN3CCCC3=O)cc2)c2ccccc21. The number of rotatable bonds is 8. The van der Waals surface area contributed by atoms with Gasteiger partial charge in [0, 0.05) is 54.4 Å². The van der Waals surface area contributed by atoms with Crippen molar-refractivity contribution in [2.45, 2.75) is 51.6 Å². The fraction of sp³-hybridized carbons (Fsp3) is 0.344. The molecule has 0 spiro atoms. The molecular weight excluding hydrogens is 526 g/mol. The molecule has 5 rings (SSSR count). The van der Waals surface area contributed by atoms with Crippen LogP contribution in [-0.4, -0.2) is 48.4 Å². The number of likely N-dealkylation sites (tertiary alicyclic amines) is 1. The number of anilines is 2. The highest BCUT2D eigenvalue weighted by molar-refractivity contribution is 6.30. The second-order valence-electron chi connectivity index (χ2n) is 10.4. The van der Waals surface area contributed by atoms with Gasteiger partial charge >= 0.3 is 0 Å². The summed E-state index contributed by atoms with van der Waals surface area (Å²) in [5, 5.41) is 0.608. The lowest BCUT2D eigenvalue weighted by atomic mass is 9.89. The molecule has 1 fully saturated rings. The Labute approximate surface area is 240 Å². The minimum absolute atomic E-state index is 0.0725. The minimum atomic E-state index is -0.222. The van der Waals surface area contributed by atoms with Crippen LogP contribution in [0.1, 0.15) is 61.5 Å². The van der Waals surface area contributed by atoms with E-state index >= 15 is 0 Å². The lowest BCUT2D eigenvalue weighted by Crippen LogP contribution is -2.47. The van der Waals surface area contributed by atoms with Crippen LogP contribution in [0.15, 0.2) is 72.8 Å². The maximum atomic E-state index is 13.8. The van der Waals surface area contributed by atoms with Crippen LogP contribution in [0.25, 0.3) is 0 Å². The molecule has 0 bridgehead atoms. The van der Waals surface area contributed by atoms with E-state index in [1.807, 2.05) is 65.3 Å². The number of hydrogen-bond acceptors (Lipinski definition) is 4. The third-order valence-corrected chi connectivity index (χ3v) is 7.90. The topological polar surface area (TPSA) is 70.2 Å². The molecule has 0 N–H and O–H groups in total. The monoisotopic (exact) mass is 559 g/mol. The number of amides is 3. The van der Waals surface area contributed by atoms with E-state index in [2.05, 4.69) is 0 Å². The highest BCUT2D eigenvalue weighted by Gasteiger charge is 2.38. The molecule has 2 atom stereocenters. The van der Waals surface area contributed by atoms with E-state index in [4.69, 9.17) is 16.3 Å². The summed E-state index contributed by atoms with van der Waals surface area (Å²) in [5.41, 5.74) is 3.06. The quantitative estimate of drug-likeness (QED) is 0.305. The molecule has 2 aliphatic rings. The van der Waals surface area contributed by atoms with Gasteiger partial charge in [0.15, 0.2) is 0 Å². The van der Waals surface area contributed by atoms with Gasteiger partial charge in [-0.2, -0.15) is 0 Å². The number of carbonyl (C=O) groups excluding carboxylic acids is 3. The zero-order valence-electron chi connectivity index (χ0n) is 22.9. The molecule has 2 aliphatic heterocycles. The lowest BCUT2D eigenvalue weighted by Gasteiger charge is -2.43. The van der Waals surface area contributed by atoms with E-state index in [0.717, 1.165) is 36.3 Å². The Kier molecular flexibility index (Phi) is 8.40. The molecule has 2 heterocycles. The van der Waals surface area contributed by atoms with Crippen LogP contribution in [0.3, 0.4) is 0 Å². The smallest absolute Gasteiger partial charge is 0.258 e. The zero-order chi connectivity index (χ0) is 28.2. The largest absolute Gasteiger partial charge is 0.494 e. The second-order valence-corrected chi connectivity index (χ2v) is 10.8. The van der Waals surface area contributed by atoms with Crippen molar-refractivity contribution in [2.24, 2.45) is 0 Å². The van der Waals surface area contributed by atoms with Gasteiger partial charge in [-0.15, -0.1) is 0 Å². The zero-order valence-corrected chi connectivity index (χ0v) is 23.6. The van der Waals surface area contributed by atoms with Gasteiger partial charge in [0.05, 0.1) is 12.6 Å². The van der Waals surface area contributed by atoms with Crippen molar-refractivity contribution < 1.29 is 19.1 Å². The first-order valence-electron chi connectivity index (χ1n) is 13.8. The van der Waals surface area contributed by atoms with Gasteiger partial charge < -0.3 is 19.4 Å². The molecule has 40 heavy (non-hydrogen) atoms. The molecule has 3 amide bonds. The van der Waals surface area contributed by atoms with Gasteiger partial charge in [-0.05, 0) is 86.3 Å². The third-order valence-electron chi connectivity index (χ3n) is 7.65. The van der Waals surface area contributed by atoms with Crippen molar-refractivity contribution in [3.05, 3.63) is 88.9 Å². The molecule has 0 aliphatic carbocycles. The van der Waals surface area contributed by atoms with Crippen molar-refractivity contribution in [1.82, 2.24) is 4.90 Å². The number of halogens is 1. The first-order chi connectivity index (χ1) is 19.3. The third kappa shape index (κ3) is 5.85. The summed E-state index contributed by atoms with van der Waals surface area (Å²) in [6, 6.07) is 21.9. The summed E-state index contributed by atoms with van der Waals surface area (Å²) in [6.07, 6.45) is 2.94. The summed E-state index contributed by atoms with van der Waals surface area (Å²) in [7, 11) is 0. The molecular formula is C32H34ClN3O4. The summed E-state index contributed by atoms with van der Waals surface area (Å²) in [6.45, 7) is 5.64. The number of para-hydroxylation sites is 1. The van der Waals surface area contributed by atoms with Gasteiger partial charge in [0.25, 0.3) is 5.91 Å². The number of benzene rings is 3. The molecule has 1 saturated heterocycles. The summed E-state index contributed by atoms with van der Waals surface area (Å²) in [4.78, 5) is 43.9. The van der Waals surface area contributed by atoms with Gasteiger partial charge in [-0.3, -0.25) is 14.4 Å². The first kappa shape index (κ1) is 27.7. The predicted octanol–water partition coefficient (Wildman–Crippen LogP) is 6.26. The summed E-state index contributed by atoms with van der Waals surface area (Å²) in [5.74, 6) is 0.744. The predicted molar refractivity (Wildman–Crippen MR) is 157 cm³/mol. The number of nitrogens with zero attached hydrogens (tertiary/aromatic N) is 3. The highest BCUT2D eigenvalue weighted by atomic mass is 35.5. The molecule has 0 radical (unpaired) electrons. The van der Waals surface area contributed by atoms with E-state index in [1.54, 1.807) is 36.1 Å². The van der Waals surface area contributed by atoms with Crippen LogP contribution in [0.5, 0.6) is 5.75 Å². The van der Waals surface area contributed by atoms with Crippen LogP contribution in [0, 0.1) is 0 Å². The molecule has 208 valence electrons. The Morgan fingerprint density at radius 3 is 2.42 bits per heavy atom. The van der Waals surface area contributed by atoms with E-state index in [-0.39, 0.29) is 29.8 Å². The Morgan fingerprint density at radius 1 is 1.02 bits per heavy atom. The Balaban J connectivity index is 1.31. The molecule has 0 aromatic heterocycles. The fourth-order valence-corrected chi connectivity index (χ4v) is 5.86. The van der Waals surface area contributed by atoms with Crippen LogP contribution in [0.2, 0.25) is 5.02 Å². The second kappa shape index (κ2) is 12.1. The number of fused-ring (bicyclic) bond motifs is 1. The van der Waals surface area contributed by atoms with E-state index in [0.29, 0.717) is 42.3 Å². The average Bonchev–Trinajstić information content (AvgIpc) is 3.36.